The molecular formula is C20H27N3O4S2. The van der Waals surface area contributed by atoms with Crippen LogP contribution < -0.4 is 0 Å². The van der Waals surface area contributed by atoms with Crippen LogP contribution in [0.3, 0.4) is 0 Å². The number of ketones is 1. The fraction of sp³-hybridized carbons (Fsp3) is 0.500. The van der Waals surface area contributed by atoms with Gasteiger partial charge in [0.05, 0.1) is 16.9 Å². The van der Waals surface area contributed by atoms with Gasteiger partial charge in [0.1, 0.15) is 4.90 Å². The van der Waals surface area contributed by atoms with Crippen LogP contribution in [0.15, 0.2) is 34.3 Å². The highest BCUT2D eigenvalue weighted by atomic mass is 32.2. The molecule has 9 heteroatoms. The number of aromatic nitrogens is 2. The molecule has 158 valence electrons. The van der Waals surface area contributed by atoms with Gasteiger partial charge in [0.25, 0.3) is 0 Å². The second-order valence-electron chi connectivity index (χ2n) is 7.36. The van der Waals surface area contributed by atoms with Gasteiger partial charge in [-0.05, 0) is 44.9 Å². The van der Waals surface area contributed by atoms with E-state index < -0.39 is 10.0 Å². The molecular weight excluding hydrogens is 410 g/mol. The number of rotatable bonds is 8. The van der Waals surface area contributed by atoms with Gasteiger partial charge in [-0.2, -0.15) is 0 Å². The normalized spacial score (nSPS) is 17.2. The summed E-state index contributed by atoms with van der Waals surface area (Å²) in [4.78, 5) is 17.1. The third kappa shape index (κ3) is 4.91. The molecule has 0 spiro atoms. The topological polar surface area (TPSA) is 81.5 Å². The molecule has 0 unspecified atom stereocenters. The first-order valence-electron chi connectivity index (χ1n) is 9.53. The molecule has 1 fully saturated rings. The second kappa shape index (κ2) is 8.99. The lowest BCUT2D eigenvalue weighted by Gasteiger charge is -2.14. The van der Waals surface area contributed by atoms with E-state index in [-0.39, 0.29) is 22.5 Å². The zero-order chi connectivity index (χ0) is 21.2. The number of sulfonamides is 1. The molecule has 7 nitrogen and oxygen atoms in total. The van der Waals surface area contributed by atoms with E-state index in [0.29, 0.717) is 5.03 Å². The van der Waals surface area contributed by atoms with Crippen molar-refractivity contribution < 1.29 is 17.9 Å². The number of hydrogen-bond donors (Lipinski definition) is 0. The van der Waals surface area contributed by atoms with Crippen molar-refractivity contribution in [3.8, 4) is 0 Å². The van der Waals surface area contributed by atoms with Crippen LogP contribution in [0.4, 0.5) is 0 Å². The number of carbonyl (C=O) groups excluding carboxylic acids is 1. The third-order valence-corrected chi connectivity index (χ3v) is 7.87. The Morgan fingerprint density at radius 1 is 1.34 bits per heavy atom. The van der Waals surface area contributed by atoms with Gasteiger partial charge in [-0.3, -0.25) is 4.79 Å². The molecule has 1 aliphatic rings. The van der Waals surface area contributed by atoms with Crippen molar-refractivity contribution in [2.75, 3.05) is 26.5 Å². The predicted molar refractivity (Wildman–Crippen MR) is 113 cm³/mol. The Hall–Kier alpha value is -1.68. The standard InChI is InChI=1S/C20H27N3O4S2/c1-14-10-18(15(2)23(14)12-16-6-5-9-27-16)19(24)13-28-20-8-7-17(11-21-20)29(25,26)22(3)4/h7-8,10-11,16H,5-6,9,12-13H2,1-4H3/t16-/m1/s1. The fourth-order valence-electron chi connectivity index (χ4n) is 3.39. The minimum absolute atomic E-state index is 0.0356. The quantitative estimate of drug-likeness (QED) is 0.467. The molecule has 0 bridgehead atoms. The summed E-state index contributed by atoms with van der Waals surface area (Å²) in [6.07, 6.45) is 3.70. The smallest absolute Gasteiger partial charge is 0.244 e. The number of Topliss-reactive ketones (excluding diaryl/α,β-unsaturated/α-hetero) is 1. The molecule has 0 amide bonds. The lowest BCUT2D eigenvalue weighted by molar-refractivity contribution is 0.0957. The Balaban J connectivity index is 1.65. The molecule has 0 radical (unpaired) electrons. The summed E-state index contributed by atoms with van der Waals surface area (Å²) in [5.41, 5.74) is 2.74. The number of pyridine rings is 1. The van der Waals surface area contributed by atoms with E-state index >= 15 is 0 Å². The molecule has 29 heavy (non-hydrogen) atoms. The monoisotopic (exact) mass is 437 g/mol. The van der Waals surface area contributed by atoms with Gasteiger partial charge >= 0.3 is 0 Å². The zero-order valence-electron chi connectivity index (χ0n) is 17.2. The van der Waals surface area contributed by atoms with Crippen molar-refractivity contribution in [3.63, 3.8) is 0 Å². The van der Waals surface area contributed by atoms with Gasteiger partial charge in [-0.15, -0.1) is 0 Å². The molecule has 2 aromatic rings. The Bertz CT molecular complexity index is 976. The molecule has 1 atom stereocenters. The van der Waals surface area contributed by atoms with Crippen molar-refractivity contribution in [2.24, 2.45) is 0 Å². The van der Waals surface area contributed by atoms with Crippen LogP contribution in [0.1, 0.15) is 34.6 Å². The molecule has 0 aliphatic carbocycles. The molecule has 0 aromatic carbocycles. The summed E-state index contributed by atoms with van der Waals surface area (Å²) in [6.45, 7) is 5.58. The van der Waals surface area contributed by atoms with Crippen molar-refractivity contribution in [2.45, 2.75) is 49.3 Å². The molecule has 2 aromatic heterocycles. The Labute approximate surface area is 176 Å². The summed E-state index contributed by atoms with van der Waals surface area (Å²) in [5, 5.41) is 0.615. The average molecular weight is 438 g/mol. The predicted octanol–water partition coefficient (Wildman–Crippen LogP) is 2.90. The first-order valence-corrected chi connectivity index (χ1v) is 12.0. The molecule has 1 saturated heterocycles. The van der Waals surface area contributed by atoms with Crippen LogP contribution in [0.2, 0.25) is 0 Å². The minimum atomic E-state index is -3.50. The Morgan fingerprint density at radius 3 is 2.69 bits per heavy atom. The van der Waals surface area contributed by atoms with Gasteiger partial charge in [0.15, 0.2) is 5.78 Å². The van der Waals surface area contributed by atoms with Gasteiger partial charge in [-0.1, -0.05) is 11.8 Å². The number of thioether (sulfide) groups is 1. The minimum Gasteiger partial charge on any atom is -0.376 e. The van der Waals surface area contributed by atoms with Crippen LogP contribution in [0.25, 0.3) is 0 Å². The van der Waals surface area contributed by atoms with Crippen LogP contribution in [0.5, 0.6) is 0 Å². The van der Waals surface area contributed by atoms with E-state index in [1.54, 1.807) is 6.07 Å². The van der Waals surface area contributed by atoms with Gasteiger partial charge in [0.2, 0.25) is 10.0 Å². The molecule has 0 N–H and O–H groups in total. The number of hydrogen-bond acceptors (Lipinski definition) is 6. The molecule has 3 rings (SSSR count). The lowest BCUT2D eigenvalue weighted by atomic mass is 10.2. The molecule has 0 saturated carbocycles. The average Bonchev–Trinajstić information content (AvgIpc) is 3.30. The summed E-state index contributed by atoms with van der Waals surface area (Å²) in [5.74, 6) is 0.283. The van der Waals surface area contributed by atoms with Gasteiger partial charge < -0.3 is 9.30 Å². The largest absolute Gasteiger partial charge is 0.376 e. The van der Waals surface area contributed by atoms with Crippen LogP contribution >= 0.6 is 11.8 Å². The van der Waals surface area contributed by atoms with E-state index in [0.717, 1.165) is 47.2 Å². The van der Waals surface area contributed by atoms with E-state index in [1.807, 2.05) is 19.9 Å². The number of ether oxygens (including phenoxy) is 1. The fourth-order valence-corrected chi connectivity index (χ4v) is 4.96. The maximum absolute atomic E-state index is 12.8. The maximum atomic E-state index is 12.8. The van der Waals surface area contributed by atoms with Crippen LogP contribution in [0, 0.1) is 13.8 Å². The summed E-state index contributed by atoms with van der Waals surface area (Å²) < 4.78 is 33.2. The Kier molecular flexibility index (Phi) is 6.83. The van der Waals surface area contributed by atoms with Crippen LogP contribution in [-0.4, -0.2) is 60.6 Å². The van der Waals surface area contributed by atoms with E-state index in [9.17, 15) is 13.2 Å². The third-order valence-electron chi connectivity index (χ3n) is 5.12. The number of aryl methyl sites for hydroxylation is 1. The number of nitrogens with zero attached hydrogens (tertiary/aromatic N) is 3. The first kappa shape index (κ1) is 22.0. The van der Waals surface area contributed by atoms with Gasteiger partial charge in [-0.25, -0.2) is 17.7 Å². The van der Waals surface area contributed by atoms with Crippen molar-refractivity contribution in [1.82, 2.24) is 13.9 Å². The highest BCUT2D eigenvalue weighted by Crippen LogP contribution is 2.24. The van der Waals surface area contributed by atoms with E-state index in [1.165, 1.54) is 38.1 Å². The highest BCUT2D eigenvalue weighted by Gasteiger charge is 2.21. The Morgan fingerprint density at radius 2 is 2.10 bits per heavy atom. The van der Waals surface area contributed by atoms with Gasteiger partial charge in [0, 0.05) is 50.4 Å². The molecule has 1 aliphatic heterocycles. The highest BCUT2D eigenvalue weighted by molar-refractivity contribution is 7.99. The van der Waals surface area contributed by atoms with E-state index in [4.69, 9.17) is 4.74 Å². The first-order chi connectivity index (χ1) is 13.7. The second-order valence-corrected chi connectivity index (χ2v) is 10.5. The zero-order valence-corrected chi connectivity index (χ0v) is 18.8. The summed E-state index contributed by atoms with van der Waals surface area (Å²) in [7, 11) is -0.548. The van der Waals surface area contributed by atoms with E-state index in [2.05, 4.69) is 9.55 Å². The van der Waals surface area contributed by atoms with Crippen molar-refractivity contribution >= 4 is 27.6 Å². The summed E-state index contributed by atoms with van der Waals surface area (Å²) in [6, 6.07) is 5.09. The van der Waals surface area contributed by atoms with Crippen molar-refractivity contribution in [1.29, 1.82) is 0 Å². The maximum Gasteiger partial charge on any atom is 0.244 e. The SMILES string of the molecule is Cc1cc(C(=O)CSc2ccc(S(=O)(=O)N(C)C)cn2)c(C)n1C[C@H]1CCCO1. The lowest BCUT2D eigenvalue weighted by Crippen LogP contribution is -2.22. The summed E-state index contributed by atoms with van der Waals surface area (Å²) >= 11 is 1.30. The van der Waals surface area contributed by atoms with Crippen LogP contribution in [-0.2, 0) is 21.3 Å². The molecule has 3 heterocycles. The van der Waals surface area contributed by atoms with Crippen molar-refractivity contribution in [3.05, 3.63) is 41.3 Å². The number of carbonyl (C=O) groups is 1.